The number of hydrogen-bond donors (Lipinski definition) is 0. The molecule has 0 radical (unpaired) electrons. The monoisotopic (exact) mass is 637 g/mol. The van der Waals surface area contributed by atoms with Crippen molar-refractivity contribution in [3.63, 3.8) is 0 Å². The second-order valence-corrected chi connectivity index (χ2v) is 13.1. The molecule has 10 nitrogen and oxygen atoms in total. The number of carbonyl (C=O) groups is 1. The van der Waals surface area contributed by atoms with Crippen molar-refractivity contribution in [3.05, 3.63) is 48.2 Å². The van der Waals surface area contributed by atoms with Gasteiger partial charge in [0.2, 0.25) is 0 Å². The van der Waals surface area contributed by atoms with Gasteiger partial charge in [-0.3, -0.25) is 14.9 Å². The number of pyridine rings is 2. The normalized spacial score (nSPS) is 18.8. The number of rotatable bonds is 6. The molecule has 3 aromatic heterocycles. The third-order valence-electron chi connectivity index (χ3n) is 8.44. The van der Waals surface area contributed by atoms with E-state index in [9.17, 15) is 13.6 Å². The summed E-state index contributed by atoms with van der Waals surface area (Å²) in [5, 5.41) is 2.08. The van der Waals surface area contributed by atoms with Crippen LogP contribution < -0.4 is 9.64 Å². The number of piperazine rings is 1. The van der Waals surface area contributed by atoms with Crippen LogP contribution in [0.3, 0.4) is 0 Å². The quantitative estimate of drug-likeness (QED) is 0.258. The summed E-state index contributed by atoms with van der Waals surface area (Å²) in [4.78, 5) is 35.9. The number of ether oxygens (including phenoxy) is 2. The van der Waals surface area contributed by atoms with Crippen LogP contribution in [0.2, 0.25) is 0 Å². The molecule has 1 atom stereocenters. The number of benzene rings is 1. The Kier molecular flexibility index (Phi) is 8.38. The van der Waals surface area contributed by atoms with Crippen LogP contribution in [0.4, 0.5) is 23.8 Å². The smallest absolute Gasteiger partial charge is 0.410 e. The molecule has 2 saturated heterocycles. The molecule has 2 aliphatic rings. The van der Waals surface area contributed by atoms with Gasteiger partial charge in [-0.05, 0) is 52.1 Å². The first-order valence-electron chi connectivity index (χ1n) is 15.4. The number of fused-ring (bicyclic) bond motifs is 2. The van der Waals surface area contributed by atoms with Gasteiger partial charge in [0.25, 0.3) is 5.92 Å². The minimum Gasteiger partial charge on any atom is -0.463 e. The third kappa shape index (κ3) is 6.51. The number of carbonyl (C=O) groups excluding carboxylic acids is 1. The predicted molar refractivity (Wildman–Crippen MR) is 169 cm³/mol. The summed E-state index contributed by atoms with van der Waals surface area (Å²) < 4.78 is 55.9. The molecule has 46 heavy (non-hydrogen) atoms. The Hall–Kier alpha value is -4.26. The average Bonchev–Trinajstić information content (AvgIpc) is 3.27. The standard InChI is InChI=1S/C33H38F3N7O3/c1-20-7-6-8-21-16-37-17-23(25(20)21)27-26(34)28-24(18-38-27)29(42-10-12-43(13-11-42)31(44)46-32(2,3)4)40-30(39-28)45-14-9-22-15-33(35,36)19-41(22)5/h6-8,16-18,22H,9-15,19H2,1-5H3. The van der Waals surface area contributed by atoms with Crippen molar-refractivity contribution < 1.29 is 27.4 Å². The lowest BCUT2D eigenvalue weighted by Crippen LogP contribution is -2.50. The first-order valence-corrected chi connectivity index (χ1v) is 15.4. The van der Waals surface area contributed by atoms with Crippen LogP contribution in [0.15, 0.2) is 36.8 Å². The largest absolute Gasteiger partial charge is 0.463 e. The molecule has 5 heterocycles. The zero-order valence-corrected chi connectivity index (χ0v) is 26.7. The van der Waals surface area contributed by atoms with E-state index in [2.05, 4.69) is 19.9 Å². The number of amides is 1. The van der Waals surface area contributed by atoms with Crippen molar-refractivity contribution in [1.82, 2.24) is 29.7 Å². The number of halogens is 3. The van der Waals surface area contributed by atoms with E-state index in [1.807, 2.05) is 50.8 Å². The summed E-state index contributed by atoms with van der Waals surface area (Å²) in [6, 6.07) is 5.37. The summed E-state index contributed by atoms with van der Waals surface area (Å²) in [5.41, 5.74) is 0.989. The molecule has 6 rings (SSSR count). The molecule has 0 spiro atoms. The zero-order valence-electron chi connectivity index (χ0n) is 26.7. The molecule has 0 saturated carbocycles. The van der Waals surface area contributed by atoms with Crippen molar-refractivity contribution in [3.8, 4) is 17.3 Å². The lowest BCUT2D eigenvalue weighted by Gasteiger charge is -2.36. The van der Waals surface area contributed by atoms with Crippen molar-refractivity contribution in [2.45, 2.75) is 58.1 Å². The summed E-state index contributed by atoms with van der Waals surface area (Å²) in [5.74, 6) is -2.97. The first kappa shape index (κ1) is 31.7. The van der Waals surface area contributed by atoms with Gasteiger partial charge >= 0.3 is 12.1 Å². The van der Waals surface area contributed by atoms with Crippen molar-refractivity contribution >= 4 is 33.6 Å². The molecule has 4 aromatic rings. The van der Waals surface area contributed by atoms with E-state index in [0.717, 1.165) is 16.3 Å². The van der Waals surface area contributed by atoms with Gasteiger partial charge in [0.05, 0.1) is 18.5 Å². The summed E-state index contributed by atoms with van der Waals surface area (Å²) in [7, 11) is 1.67. The van der Waals surface area contributed by atoms with Crippen LogP contribution >= 0.6 is 0 Å². The molecule has 13 heteroatoms. The Balaban J connectivity index is 1.34. The Morgan fingerprint density at radius 1 is 1.09 bits per heavy atom. The number of nitrogens with zero attached hydrogens (tertiary/aromatic N) is 7. The molecule has 0 bridgehead atoms. The van der Waals surface area contributed by atoms with Gasteiger partial charge in [-0.25, -0.2) is 18.0 Å². The first-order chi connectivity index (χ1) is 21.8. The van der Waals surface area contributed by atoms with Gasteiger partial charge in [-0.1, -0.05) is 18.2 Å². The minimum atomic E-state index is -2.74. The van der Waals surface area contributed by atoms with E-state index in [0.29, 0.717) is 49.4 Å². The average molecular weight is 638 g/mol. The fraction of sp³-hybridized carbons (Fsp3) is 0.485. The molecular weight excluding hydrogens is 599 g/mol. The Morgan fingerprint density at radius 2 is 1.85 bits per heavy atom. The number of hydrogen-bond acceptors (Lipinski definition) is 9. The van der Waals surface area contributed by atoms with Gasteiger partial charge in [0.15, 0.2) is 5.82 Å². The molecule has 2 fully saturated rings. The maximum Gasteiger partial charge on any atom is 0.410 e. The Labute approximate surface area is 265 Å². The highest BCUT2D eigenvalue weighted by atomic mass is 19.3. The number of alkyl halides is 2. The zero-order chi connectivity index (χ0) is 32.8. The summed E-state index contributed by atoms with van der Waals surface area (Å²) >= 11 is 0. The van der Waals surface area contributed by atoms with E-state index in [1.165, 1.54) is 0 Å². The molecule has 1 unspecified atom stereocenters. The van der Waals surface area contributed by atoms with E-state index in [-0.39, 0.29) is 42.8 Å². The molecule has 1 amide bonds. The highest BCUT2D eigenvalue weighted by molar-refractivity contribution is 6.00. The molecule has 0 aliphatic carbocycles. The highest BCUT2D eigenvalue weighted by Gasteiger charge is 2.43. The van der Waals surface area contributed by atoms with Gasteiger partial charge in [0, 0.05) is 68.2 Å². The van der Waals surface area contributed by atoms with Crippen LogP contribution in [-0.4, -0.2) is 99.8 Å². The van der Waals surface area contributed by atoms with Crippen molar-refractivity contribution in [2.24, 2.45) is 0 Å². The lowest BCUT2D eigenvalue weighted by molar-refractivity contribution is 0.0138. The maximum atomic E-state index is 16.6. The number of aromatic nitrogens is 4. The van der Waals surface area contributed by atoms with Gasteiger partial charge in [0.1, 0.15) is 22.6 Å². The van der Waals surface area contributed by atoms with Crippen LogP contribution in [-0.2, 0) is 4.74 Å². The lowest BCUT2D eigenvalue weighted by atomic mass is 10.00. The minimum absolute atomic E-state index is 0.0228. The fourth-order valence-electron chi connectivity index (χ4n) is 6.21. The highest BCUT2D eigenvalue weighted by Crippen LogP contribution is 2.36. The molecule has 2 aliphatic heterocycles. The number of anilines is 1. The molecule has 244 valence electrons. The Morgan fingerprint density at radius 3 is 2.54 bits per heavy atom. The van der Waals surface area contributed by atoms with E-state index < -0.39 is 23.4 Å². The predicted octanol–water partition coefficient (Wildman–Crippen LogP) is 5.85. The van der Waals surface area contributed by atoms with Gasteiger partial charge in [-0.2, -0.15) is 9.97 Å². The van der Waals surface area contributed by atoms with Crippen LogP contribution in [0.25, 0.3) is 32.9 Å². The van der Waals surface area contributed by atoms with Crippen LogP contribution in [0, 0.1) is 12.7 Å². The van der Waals surface area contributed by atoms with Gasteiger partial charge in [-0.15, -0.1) is 0 Å². The fourth-order valence-corrected chi connectivity index (χ4v) is 6.21. The van der Waals surface area contributed by atoms with Crippen molar-refractivity contribution in [1.29, 1.82) is 0 Å². The summed E-state index contributed by atoms with van der Waals surface area (Å²) in [6.45, 7) is 8.73. The van der Waals surface area contributed by atoms with Crippen LogP contribution in [0.1, 0.15) is 39.2 Å². The van der Waals surface area contributed by atoms with E-state index in [4.69, 9.17) is 9.47 Å². The third-order valence-corrected chi connectivity index (χ3v) is 8.44. The second-order valence-electron chi connectivity index (χ2n) is 13.1. The number of aryl methyl sites for hydroxylation is 1. The van der Waals surface area contributed by atoms with Crippen molar-refractivity contribution in [2.75, 3.05) is 51.3 Å². The summed E-state index contributed by atoms with van der Waals surface area (Å²) in [6.07, 6.45) is 4.56. The maximum absolute atomic E-state index is 16.6. The molecular formula is C33H38F3N7O3. The van der Waals surface area contributed by atoms with E-state index >= 15 is 4.39 Å². The topological polar surface area (TPSA) is 96.8 Å². The van der Waals surface area contributed by atoms with Gasteiger partial charge < -0.3 is 19.3 Å². The molecule has 0 N–H and O–H groups in total. The van der Waals surface area contributed by atoms with E-state index in [1.54, 1.807) is 35.4 Å². The SMILES string of the molecule is Cc1cccc2cncc(-c3ncc4c(N5CCN(C(=O)OC(C)(C)C)CC5)nc(OCCC5CC(F)(F)CN5C)nc4c3F)c12. The number of likely N-dealkylation sites (tertiary alicyclic amines) is 1. The Bertz CT molecular complexity index is 1770. The van der Waals surface area contributed by atoms with Crippen LogP contribution in [0.5, 0.6) is 6.01 Å². The second kappa shape index (κ2) is 12.2. The molecule has 1 aromatic carbocycles.